The van der Waals surface area contributed by atoms with Crippen molar-refractivity contribution >= 4 is 5.96 Å². The van der Waals surface area contributed by atoms with Gasteiger partial charge in [-0.15, -0.1) is 0 Å². The molecule has 0 amide bonds. The third kappa shape index (κ3) is 5.88. The lowest BCUT2D eigenvalue weighted by Crippen LogP contribution is -2.44. The Morgan fingerprint density at radius 2 is 1.81 bits per heavy atom. The van der Waals surface area contributed by atoms with Gasteiger partial charge in [-0.3, -0.25) is 4.90 Å². The third-order valence-electron chi connectivity index (χ3n) is 5.70. The van der Waals surface area contributed by atoms with E-state index in [1.165, 1.54) is 19.3 Å². The minimum atomic E-state index is 0.171. The van der Waals surface area contributed by atoms with E-state index in [0.29, 0.717) is 30.3 Å². The van der Waals surface area contributed by atoms with Crippen LogP contribution in [-0.4, -0.2) is 58.4 Å². The molecular weight excluding hydrogens is 408 g/mol. The third-order valence-corrected chi connectivity index (χ3v) is 5.70. The number of hydrogen-bond acceptors (Lipinski definition) is 6. The first-order valence-corrected chi connectivity index (χ1v) is 11.3. The second-order valence-corrected chi connectivity index (χ2v) is 7.70. The monoisotopic (exact) mass is 444 g/mol. The minimum Gasteiger partial charge on any atom is -0.493 e. The molecule has 8 heteroatoms. The second kappa shape index (κ2) is 12.2. The molecule has 1 fully saturated rings. The van der Waals surface area contributed by atoms with Crippen LogP contribution >= 0.6 is 0 Å². The molecule has 0 aliphatic carbocycles. The van der Waals surface area contributed by atoms with Crippen LogP contribution in [0.4, 0.5) is 0 Å². The van der Waals surface area contributed by atoms with E-state index < -0.39 is 0 Å². The second-order valence-electron chi connectivity index (χ2n) is 7.70. The Kier molecular flexibility index (Phi) is 9.10. The molecule has 3 rings (SSSR count). The minimum absolute atomic E-state index is 0.171. The first-order chi connectivity index (χ1) is 15.7. The number of likely N-dealkylation sites (tertiary alicyclic amines) is 1. The van der Waals surface area contributed by atoms with E-state index in [1.54, 1.807) is 27.6 Å². The summed E-state index contributed by atoms with van der Waals surface area (Å²) in [6.07, 6.45) is 5.50. The molecule has 0 radical (unpaired) electrons. The molecule has 0 spiro atoms. The van der Waals surface area contributed by atoms with Gasteiger partial charge in [-0.05, 0) is 57.1 Å². The number of furan rings is 1. The molecule has 1 saturated heterocycles. The quantitative estimate of drug-likeness (QED) is 0.428. The van der Waals surface area contributed by atoms with Gasteiger partial charge < -0.3 is 29.3 Å². The topological polar surface area (TPSA) is 80.5 Å². The van der Waals surface area contributed by atoms with Gasteiger partial charge in [-0.25, -0.2) is 4.99 Å². The number of nitrogens with zero attached hydrogens (tertiary/aromatic N) is 2. The van der Waals surface area contributed by atoms with E-state index >= 15 is 0 Å². The van der Waals surface area contributed by atoms with Crippen molar-refractivity contribution in [2.75, 3.05) is 47.5 Å². The molecule has 8 nitrogen and oxygen atoms in total. The molecule has 1 unspecified atom stereocenters. The molecule has 1 atom stereocenters. The zero-order chi connectivity index (χ0) is 22.8. The maximum Gasteiger partial charge on any atom is 0.203 e. The molecule has 176 valence electrons. The number of guanidine groups is 1. The number of ether oxygens (including phenoxy) is 3. The van der Waals surface area contributed by atoms with Crippen LogP contribution in [0.25, 0.3) is 0 Å². The van der Waals surface area contributed by atoms with E-state index in [0.717, 1.165) is 36.9 Å². The van der Waals surface area contributed by atoms with Crippen LogP contribution in [0.15, 0.2) is 39.9 Å². The highest BCUT2D eigenvalue weighted by molar-refractivity contribution is 5.79. The van der Waals surface area contributed by atoms with Crippen LogP contribution in [0.5, 0.6) is 17.2 Å². The van der Waals surface area contributed by atoms with Crippen LogP contribution in [0, 0.1) is 0 Å². The predicted octanol–water partition coefficient (Wildman–Crippen LogP) is 3.59. The Bertz CT molecular complexity index is 848. The average Bonchev–Trinajstić information content (AvgIpc) is 3.37. The highest BCUT2D eigenvalue weighted by atomic mass is 16.5. The number of nitrogens with one attached hydrogen (secondary N) is 2. The normalized spacial score (nSPS) is 15.8. The molecule has 32 heavy (non-hydrogen) atoms. The Labute approximate surface area is 190 Å². The number of methoxy groups -OCH3 is 3. The Balaban J connectivity index is 1.74. The van der Waals surface area contributed by atoms with E-state index in [-0.39, 0.29) is 6.04 Å². The average molecular weight is 445 g/mol. The highest BCUT2D eigenvalue weighted by Gasteiger charge is 2.24. The van der Waals surface area contributed by atoms with Crippen LogP contribution in [-0.2, 0) is 6.54 Å². The van der Waals surface area contributed by atoms with Gasteiger partial charge in [0.15, 0.2) is 17.5 Å². The standard InChI is InChI=1S/C24H36N4O4/c1-5-25-24(26-16-18-11-12-21(29-2)23(31-4)22(18)30-3)27-17-19(20-10-9-15-32-20)28-13-7-6-8-14-28/h9-12,15,19H,5-8,13-14,16-17H2,1-4H3,(H2,25,26,27). The Morgan fingerprint density at radius 1 is 1.03 bits per heavy atom. The zero-order valence-corrected chi connectivity index (χ0v) is 19.6. The largest absolute Gasteiger partial charge is 0.493 e. The van der Waals surface area contributed by atoms with Crippen LogP contribution in [0.3, 0.4) is 0 Å². The highest BCUT2D eigenvalue weighted by Crippen LogP contribution is 2.40. The summed E-state index contributed by atoms with van der Waals surface area (Å²) in [6, 6.07) is 8.00. The molecule has 2 N–H and O–H groups in total. The summed E-state index contributed by atoms with van der Waals surface area (Å²) in [7, 11) is 4.84. The summed E-state index contributed by atoms with van der Waals surface area (Å²) >= 11 is 0. The summed E-state index contributed by atoms with van der Waals surface area (Å²) < 4.78 is 22.2. The van der Waals surface area contributed by atoms with Gasteiger partial charge in [0.1, 0.15) is 5.76 Å². The van der Waals surface area contributed by atoms with Gasteiger partial charge in [-0.2, -0.15) is 0 Å². The summed E-state index contributed by atoms with van der Waals surface area (Å²) in [6.45, 7) is 6.15. The van der Waals surface area contributed by atoms with Crippen molar-refractivity contribution in [3.63, 3.8) is 0 Å². The van der Waals surface area contributed by atoms with Crippen molar-refractivity contribution in [3.8, 4) is 17.2 Å². The first-order valence-electron chi connectivity index (χ1n) is 11.3. The Hall–Kier alpha value is -2.87. The molecule has 0 saturated carbocycles. The molecule has 1 aromatic heterocycles. The Morgan fingerprint density at radius 3 is 2.44 bits per heavy atom. The summed E-state index contributed by atoms with van der Waals surface area (Å²) in [5.74, 6) is 3.57. The number of piperidine rings is 1. The summed E-state index contributed by atoms with van der Waals surface area (Å²) in [4.78, 5) is 7.29. The van der Waals surface area contributed by atoms with Gasteiger partial charge in [0.2, 0.25) is 5.75 Å². The van der Waals surface area contributed by atoms with Gasteiger partial charge in [-0.1, -0.05) is 6.42 Å². The van der Waals surface area contributed by atoms with E-state index in [4.69, 9.17) is 23.6 Å². The van der Waals surface area contributed by atoms with Crippen molar-refractivity contribution in [2.24, 2.45) is 4.99 Å². The van der Waals surface area contributed by atoms with E-state index in [9.17, 15) is 0 Å². The summed E-state index contributed by atoms with van der Waals surface area (Å²) in [5, 5.41) is 6.84. The fraction of sp³-hybridized carbons (Fsp3) is 0.542. The maximum absolute atomic E-state index is 5.76. The lowest BCUT2D eigenvalue weighted by Gasteiger charge is -2.33. The number of hydrogen-bond donors (Lipinski definition) is 2. The van der Waals surface area contributed by atoms with E-state index in [2.05, 4.69) is 28.5 Å². The molecule has 0 bridgehead atoms. The number of aliphatic imine (C=N–C) groups is 1. The van der Waals surface area contributed by atoms with Crippen molar-refractivity contribution in [1.82, 2.24) is 15.5 Å². The first kappa shape index (κ1) is 23.8. The lowest BCUT2D eigenvalue weighted by molar-refractivity contribution is 0.146. The van der Waals surface area contributed by atoms with Gasteiger partial charge >= 0.3 is 0 Å². The zero-order valence-electron chi connectivity index (χ0n) is 19.6. The fourth-order valence-corrected chi connectivity index (χ4v) is 4.11. The SMILES string of the molecule is CCNC(=NCc1ccc(OC)c(OC)c1OC)NCC(c1ccco1)N1CCCCC1. The fourth-order valence-electron chi connectivity index (χ4n) is 4.11. The predicted molar refractivity (Wildman–Crippen MR) is 126 cm³/mol. The molecule has 1 aliphatic heterocycles. The van der Waals surface area contributed by atoms with Crippen molar-refractivity contribution < 1.29 is 18.6 Å². The lowest BCUT2D eigenvalue weighted by atomic mass is 10.1. The molecule has 2 aromatic rings. The molecule has 1 aliphatic rings. The van der Waals surface area contributed by atoms with Crippen LogP contribution < -0.4 is 24.8 Å². The van der Waals surface area contributed by atoms with Crippen LogP contribution in [0.2, 0.25) is 0 Å². The summed E-state index contributed by atoms with van der Waals surface area (Å²) in [5.41, 5.74) is 0.918. The van der Waals surface area contributed by atoms with Crippen molar-refractivity contribution in [3.05, 3.63) is 41.9 Å². The molecule has 2 heterocycles. The van der Waals surface area contributed by atoms with Gasteiger partial charge in [0, 0.05) is 18.7 Å². The molecular formula is C24H36N4O4. The number of rotatable bonds is 10. The van der Waals surface area contributed by atoms with Crippen molar-refractivity contribution in [2.45, 2.75) is 38.8 Å². The van der Waals surface area contributed by atoms with Crippen LogP contribution in [0.1, 0.15) is 43.6 Å². The molecule has 1 aromatic carbocycles. The number of benzene rings is 1. The van der Waals surface area contributed by atoms with Crippen molar-refractivity contribution in [1.29, 1.82) is 0 Å². The van der Waals surface area contributed by atoms with Gasteiger partial charge in [0.25, 0.3) is 0 Å². The maximum atomic E-state index is 5.76. The van der Waals surface area contributed by atoms with Gasteiger partial charge in [0.05, 0.1) is 40.2 Å². The smallest absolute Gasteiger partial charge is 0.203 e. The van der Waals surface area contributed by atoms with E-state index in [1.807, 2.05) is 18.2 Å².